The third-order valence-corrected chi connectivity index (χ3v) is 12.4. The molecular formula is C36H40N6. The Morgan fingerprint density at radius 3 is 1.76 bits per heavy atom. The van der Waals surface area contributed by atoms with E-state index in [0.29, 0.717) is 5.92 Å². The van der Waals surface area contributed by atoms with Gasteiger partial charge in [0.2, 0.25) is 0 Å². The lowest BCUT2D eigenvalue weighted by Gasteiger charge is -2.56. The second-order valence-electron chi connectivity index (χ2n) is 15.1. The van der Waals surface area contributed by atoms with Gasteiger partial charge in [-0.05, 0) is 93.3 Å². The Balaban J connectivity index is 1.15. The van der Waals surface area contributed by atoms with Gasteiger partial charge in [-0.1, -0.05) is 78.2 Å². The molecule has 2 aromatic carbocycles. The van der Waals surface area contributed by atoms with E-state index >= 15 is 0 Å². The van der Waals surface area contributed by atoms with Crippen molar-refractivity contribution in [2.75, 3.05) is 0 Å². The number of hydrogen-bond donors (Lipinski definition) is 0. The Hall–Kier alpha value is -3.28. The molecule has 2 unspecified atom stereocenters. The maximum absolute atomic E-state index is 5.09. The van der Waals surface area contributed by atoms with Crippen molar-refractivity contribution < 1.29 is 0 Å². The number of fused-ring (bicyclic) bond motifs is 10. The molecule has 2 aromatic heterocycles. The molecule has 6 nitrogen and oxygen atoms in total. The highest BCUT2D eigenvalue weighted by atomic mass is 15.5. The fourth-order valence-electron chi connectivity index (χ4n) is 11.3. The van der Waals surface area contributed by atoms with Gasteiger partial charge in [0.05, 0.1) is 16.9 Å². The Morgan fingerprint density at radius 2 is 1.12 bits per heavy atom. The highest BCUT2D eigenvalue weighted by Gasteiger charge is 2.53. The molecular weight excluding hydrogens is 516 g/mol. The van der Waals surface area contributed by atoms with E-state index in [-0.39, 0.29) is 5.54 Å². The standard InChI is InChI=1S/C36H40N6/c1-3-10-30-28(8-1)33-35(42(40-38-33)36-18-24-15-25(19-36)17-26(16-24)20-36)31-11-4-2-9-29(31)32-34(30)41(39-37-32)21-27-13-22-6-5-7-23(12-22)14-27/h1-4,8-11,22-27H,5-7,12-21H2. The molecule has 7 aliphatic carbocycles. The topological polar surface area (TPSA) is 61.4 Å². The Kier molecular flexibility index (Phi) is 5.11. The molecule has 214 valence electrons. The van der Waals surface area contributed by atoms with E-state index in [1.54, 1.807) is 0 Å². The third-order valence-electron chi connectivity index (χ3n) is 12.4. The Morgan fingerprint density at radius 1 is 0.595 bits per heavy atom. The van der Waals surface area contributed by atoms with Gasteiger partial charge in [0.1, 0.15) is 11.4 Å². The van der Waals surface area contributed by atoms with E-state index < -0.39 is 0 Å². The summed E-state index contributed by atoms with van der Waals surface area (Å²) in [6.45, 7) is 0.957. The van der Waals surface area contributed by atoms with Crippen molar-refractivity contribution in [1.29, 1.82) is 0 Å². The van der Waals surface area contributed by atoms with Gasteiger partial charge in [-0.25, -0.2) is 9.36 Å². The molecule has 6 saturated carbocycles. The zero-order valence-electron chi connectivity index (χ0n) is 24.5. The second kappa shape index (κ2) is 8.87. The SMILES string of the molecule is c1ccc2c(c1)-c1nnn(CC3CC4CCCC(C4)C3)c1-c1ccccc1-c1nnn(C34CC5CC(CC(C5)C3)C4)c1-2. The van der Waals surface area contributed by atoms with Crippen LogP contribution in [-0.2, 0) is 12.1 Å². The lowest BCUT2D eigenvalue weighted by Crippen LogP contribution is -2.52. The van der Waals surface area contributed by atoms with Crippen LogP contribution in [0.5, 0.6) is 0 Å². The highest BCUT2D eigenvalue weighted by molar-refractivity contribution is 5.99. The molecule has 6 bridgehead atoms. The zero-order valence-corrected chi connectivity index (χ0v) is 24.5. The van der Waals surface area contributed by atoms with Crippen molar-refractivity contribution >= 4 is 0 Å². The van der Waals surface area contributed by atoms with Crippen LogP contribution in [0.2, 0.25) is 0 Å². The second-order valence-corrected chi connectivity index (χ2v) is 15.1. The van der Waals surface area contributed by atoms with Crippen LogP contribution in [0, 0.1) is 35.5 Å². The van der Waals surface area contributed by atoms with Crippen molar-refractivity contribution in [1.82, 2.24) is 30.0 Å². The average Bonchev–Trinajstić information content (AvgIpc) is 3.61. The Bertz CT molecular complexity index is 1640. The summed E-state index contributed by atoms with van der Waals surface area (Å²) in [6.07, 6.45) is 16.4. The largest absolute Gasteiger partial charge is 0.244 e. The van der Waals surface area contributed by atoms with E-state index in [0.717, 1.165) is 53.2 Å². The quantitative estimate of drug-likeness (QED) is 0.226. The minimum Gasteiger partial charge on any atom is -0.244 e. The summed E-state index contributed by atoms with van der Waals surface area (Å²) in [5.74, 6) is 5.03. The predicted molar refractivity (Wildman–Crippen MR) is 163 cm³/mol. The van der Waals surface area contributed by atoms with E-state index in [1.165, 1.54) is 105 Å². The molecule has 4 aromatic rings. The maximum atomic E-state index is 5.09. The van der Waals surface area contributed by atoms with Gasteiger partial charge in [0, 0.05) is 28.8 Å². The fourth-order valence-corrected chi connectivity index (χ4v) is 11.3. The Labute approximate surface area is 247 Å². The zero-order chi connectivity index (χ0) is 27.4. The molecule has 0 radical (unpaired) electrons. The molecule has 0 N–H and O–H groups in total. The normalized spacial score (nSPS) is 33.7. The first-order valence-electron chi connectivity index (χ1n) is 16.8. The molecule has 0 spiro atoms. The smallest absolute Gasteiger partial charge is 0.121 e. The van der Waals surface area contributed by atoms with Gasteiger partial charge in [-0.3, -0.25) is 0 Å². The summed E-state index contributed by atoms with van der Waals surface area (Å²) in [5.41, 5.74) is 9.23. The molecule has 11 rings (SSSR count). The van der Waals surface area contributed by atoms with Gasteiger partial charge in [0.15, 0.2) is 0 Å². The van der Waals surface area contributed by atoms with Gasteiger partial charge >= 0.3 is 0 Å². The number of hydrogen-bond acceptors (Lipinski definition) is 4. The van der Waals surface area contributed by atoms with Crippen molar-refractivity contribution in [3.63, 3.8) is 0 Å². The summed E-state index contributed by atoms with van der Waals surface area (Å²) in [6, 6.07) is 17.7. The van der Waals surface area contributed by atoms with Gasteiger partial charge in [-0.2, -0.15) is 0 Å². The number of benzene rings is 2. The summed E-state index contributed by atoms with van der Waals surface area (Å²) < 4.78 is 4.67. The molecule has 6 fully saturated rings. The first-order chi connectivity index (χ1) is 20.7. The van der Waals surface area contributed by atoms with Crippen LogP contribution < -0.4 is 0 Å². The van der Waals surface area contributed by atoms with Crippen molar-refractivity contribution in [3.8, 4) is 45.0 Å². The van der Waals surface area contributed by atoms with Crippen LogP contribution in [0.25, 0.3) is 45.0 Å². The monoisotopic (exact) mass is 556 g/mol. The van der Waals surface area contributed by atoms with Gasteiger partial charge in [-0.15, -0.1) is 10.2 Å². The number of aromatic nitrogens is 6. The lowest BCUT2D eigenvalue weighted by molar-refractivity contribution is -0.0492. The molecule has 0 aliphatic heterocycles. The minimum atomic E-state index is 0.0933. The van der Waals surface area contributed by atoms with Crippen LogP contribution in [0.4, 0.5) is 0 Å². The summed E-state index contributed by atoms with van der Waals surface area (Å²) in [4.78, 5) is 0. The van der Waals surface area contributed by atoms with Crippen molar-refractivity contribution in [2.45, 2.75) is 89.1 Å². The fraction of sp³-hybridized carbons (Fsp3) is 0.556. The molecule has 6 heteroatoms. The van der Waals surface area contributed by atoms with E-state index in [2.05, 4.69) is 57.9 Å². The average molecular weight is 557 g/mol. The number of nitrogens with zero attached hydrogens (tertiary/aromatic N) is 6. The van der Waals surface area contributed by atoms with E-state index in [4.69, 9.17) is 20.6 Å². The van der Waals surface area contributed by atoms with Gasteiger partial charge in [0.25, 0.3) is 0 Å². The third kappa shape index (κ3) is 3.50. The summed E-state index contributed by atoms with van der Waals surface area (Å²) >= 11 is 0. The first kappa shape index (κ1) is 24.2. The highest BCUT2D eigenvalue weighted by Crippen LogP contribution is 2.60. The van der Waals surface area contributed by atoms with Gasteiger partial charge < -0.3 is 0 Å². The molecule has 2 atom stereocenters. The molecule has 2 heterocycles. The molecule has 0 amide bonds. The van der Waals surface area contributed by atoms with Crippen LogP contribution in [-0.4, -0.2) is 30.0 Å². The van der Waals surface area contributed by atoms with Crippen LogP contribution in [0.3, 0.4) is 0 Å². The summed E-state index contributed by atoms with van der Waals surface area (Å²) in [5, 5.41) is 20.0. The van der Waals surface area contributed by atoms with Crippen LogP contribution >= 0.6 is 0 Å². The van der Waals surface area contributed by atoms with Crippen molar-refractivity contribution in [2.24, 2.45) is 35.5 Å². The first-order valence-corrected chi connectivity index (χ1v) is 16.8. The van der Waals surface area contributed by atoms with E-state index in [9.17, 15) is 0 Å². The van der Waals surface area contributed by atoms with Crippen LogP contribution in [0.1, 0.15) is 77.0 Å². The minimum absolute atomic E-state index is 0.0933. The maximum Gasteiger partial charge on any atom is 0.121 e. The van der Waals surface area contributed by atoms with Crippen LogP contribution in [0.15, 0.2) is 48.5 Å². The molecule has 0 saturated heterocycles. The molecule has 7 aliphatic rings. The van der Waals surface area contributed by atoms with Crippen molar-refractivity contribution in [3.05, 3.63) is 48.5 Å². The molecule has 42 heavy (non-hydrogen) atoms. The number of rotatable bonds is 3. The summed E-state index contributed by atoms with van der Waals surface area (Å²) in [7, 11) is 0. The van der Waals surface area contributed by atoms with E-state index in [1.807, 2.05) is 0 Å². The lowest BCUT2D eigenvalue weighted by atomic mass is 9.53. The predicted octanol–water partition coefficient (Wildman–Crippen LogP) is 7.99.